The Morgan fingerprint density at radius 1 is 0.906 bits per heavy atom. The Morgan fingerprint density at radius 3 is 2.44 bits per heavy atom. The van der Waals surface area contributed by atoms with E-state index in [0.29, 0.717) is 13.2 Å². The van der Waals surface area contributed by atoms with E-state index in [0.717, 1.165) is 61.2 Å². The van der Waals surface area contributed by atoms with Gasteiger partial charge in [-0.1, -0.05) is 24.3 Å². The van der Waals surface area contributed by atoms with Crippen molar-refractivity contribution in [2.45, 2.75) is 6.54 Å². The summed E-state index contributed by atoms with van der Waals surface area (Å²) in [5, 5.41) is 0. The molecule has 2 heterocycles. The van der Waals surface area contributed by atoms with Gasteiger partial charge in [0.2, 0.25) is 0 Å². The van der Waals surface area contributed by atoms with E-state index in [9.17, 15) is 0 Å². The number of ether oxygens (including phenoxy) is 2. The second-order valence-electron chi connectivity index (χ2n) is 8.11. The Morgan fingerprint density at radius 2 is 1.72 bits per heavy atom. The Bertz CT molecular complexity index is 960. The largest absolute Gasteiger partial charge is 0.493 e. The second kappa shape index (κ2) is 11.0. The summed E-state index contributed by atoms with van der Waals surface area (Å²) in [6.45, 7) is 6.66. The van der Waals surface area contributed by atoms with Gasteiger partial charge in [0.05, 0.1) is 7.11 Å². The molecule has 1 aliphatic heterocycles. The lowest BCUT2D eigenvalue weighted by Crippen LogP contribution is -2.45. The zero-order valence-corrected chi connectivity index (χ0v) is 19.0. The van der Waals surface area contributed by atoms with Crippen molar-refractivity contribution < 1.29 is 9.47 Å². The quantitative estimate of drug-likeness (QED) is 0.508. The molecule has 0 N–H and O–H groups in total. The zero-order chi connectivity index (χ0) is 22.2. The number of pyridine rings is 1. The van der Waals surface area contributed by atoms with Gasteiger partial charge in [-0.25, -0.2) is 0 Å². The minimum absolute atomic E-state index is 0.636. The van der Waals surface area contributed by atoms with E-state index < -0.39 is 0 Å². The molecule has 0 atom stereocenters. The summed E-state index contributed by atoms with van der Waals surface area (Å²) in [4.78, 5) is 11.4. The van der Waals surface area contributed by atoms with Gasteiger partial charge < -0.3 is 19.3 Å². The average molecular weight is 433 g/mol. The van der Waals surface area contributed by atoms with Crippen LogP contribution in [0.2, 0.25) is 0 Å². The highest BCUT2D eigenvalue weighted by atomic mass is 16.5. The molecule has 3 aromatic rings. The lowest BCUT2D eigenvalue weighted by Gasteiger charge is -2.32. The van der Waals surface area contributed by atoms with Gasteiger partial charge in [0.1, 0.15) is 6.61 Å². The summed E-state index contributed by atoms with van der Waals surface area (Å²) in [6, 6.07) is 20.6. The normalized spacial score (nSPS) is 14.8. The predicted octanol–water partition coefficient (Wildman–Crippen LogP) is 4.05. The molecule has 4 rings (SSSR count). The summed E-state index contributed by atoms with van der Waals surface area (Å²) in [5.41, 5.74) is 3.31. The maximum absolute atomic E-state index is 6.22. The minimum Gasteiger partial charge on any atom is -0.493 e. The molecule has 1 aromatic heterocycles. The van der Waals surface area contributed by atoms with Crippen molar-refractivity contribution in [2.75, 3.05) is 58.4 Å². The molecule has 0 radical (unpaired) electrons. The number of hydrogen-bond acceptors (Lipinski definition) is 6. The van der Waals surface area contributed by atoms with Crippen molar-refractivity contribution in [3.63, 3.8) is 0 Å². The number of methoxy groups -OCH3 is 1. The van der Waals surface area contributed by atoms with E-state index in [1.165, 1.54) is 0 Å². The number of aromatic nitrogens is 1. The topological polar surface area (TPSA) is 41.1 Å². The van der Waals surface area contributed by atoms with E-state index in [-0.39, 0.29) is 0 Å². The fourth-order valence-corrected chi connectivity index (χ4v) is 3.92. The molecular formula is C26H32N4O2. The van der Waals surface area contributed by atoms with E-state index in [2.05, 4.69) is 69.2 Å². The number of likely N-dealkylation sites (N-methyl/N-ethyl adjacent to an activating group) is 1. The van der Waals surface area contributed by atoms with Crippen LogP contribution in [0.1, 0.15) is 5.56 Å². The molecule has 0 spiro atoms. The van der Waals surface area contributed by atoms with Crippen LogP contribution in [0.3, 0.4) is 0 Å². The third kappa shape index (κ3) is 5.78. The maximum atomic E-state index is 6.22. The molecule has 6 heteroatoms. The number of para-hydroxylation sites is 1. The SMILES string of the molecule is COc1ccc(N(Cc2cccnc2)c2ccccc2)cc1OCCN1CCN(C)CC1. The monoisotopic (exact) mass is 432 g/mol. The number of benzene rings is 2. The van der Waals surface area contributed by atoms with Gasteiger partial charge in [-0.2, -0.15) is 0 Å². The maximum Gasteiger partial charge on any atom is 0.163 e. The first-order chi connectivity index (χ1) is 15.7. The lowest BCUT2D eigenvalue weighted by molar-refractivity contribution is 0.133. The summed E-state index contributed by atoms with van der Waals surface area (Å²) in [7, 11) is 3.86. The van der Waals surface area contributed by atoms with Gasteiger partial charge in [-0.05, 0) is 42.9 Å². The van der Waals surface area contributed by atoms with Crippen LogP contribution in [0.5, 0.6) is 11.5 Å². The number of anilines is 2. The molecule has 1 fully saturated rings. The molecule has 0 saturated carbocycles. The van der Waals surface area contributed by atoms with Crippen LogP contribution in [0.25, 0.3) is 0 Å². The van der Waals surface area contributed by atoms with Crippen molar-refractivity contribution in [3.8, 4) is 11.5 Å². The van der Waals surface area contributed by atoms with Gasteiger partial charge in [-0.3, -0.25) is 9.88 Å². The van der Waals surface area contributed by atoms with Crippen molar-refractivity contribution >= 4 is 11.4 Å². The third-order valence-electron chi connectivity index (χ3n) is 5.85. The first kappa shape index (κ1) is 22.1. The molecular weight excluding hydrogens is 400 g/mol. The second-order valence-corrected chi connectivity index (χ2v) is 8.11. The fourth-order valence-electron chi connectivity index (χ4n) is 3.92. The Labute approximate surface area is 191 Å². The van der Waals surface area contributed by atoms with Crippen molar-refractivity contribution in [3.05, 3.63) is 78.6 Å². The summed E-state index contributed by atoms with van der Waals surface area (Å²) in [6.07, 6.45) is 3.71. The van der Waals surface area contributed by atoms with E-state index in [1.54, 1.807) is 13.3 Å². The molecule has 0 aliphatic carbocycles. The van der Waals surface area contributed by atoms with Crippen LogP contribution in [0.4, 0.5) is 11.4 Å². The molecule has 6 nitrogen and oxygen atoms in total. The van der Waals surface area contributed by atoms with Gasteiger partial charge in [-0.15, -0.1) is 0 Å². The first-order valence-electron chi connectivity index (χ1n) is 11.2. The zero-order valence-electron chi connectivity index (χ0n) is 19.0. The van der Waals surface area contributed by atoms with Crippen molar-refractivity contribution in [1.29, 1.82) is 0 Å². The Balaban J connectivity index is 1.52. The molecule has 0 bridgehead atoms. The molecule has 0 amide bonds. The van der Waals surface area contributed by atoms with Crippen LogP contribution < -0.4 is 14.4 Å². The van der Waals surface area contributed by atoms with E-state index in [1.807, 2.05) is 24.4 Å². The van der Waals surface area contributed by atoms with Gasteiger partial charge in [0.15, 0.2) is 11.5 Å². The van der Waals surface area contributed by atoms with Crippen molar-refractivity contribution in [2.24, 2.45) is 0 Å². The van der Waals surface area contributed by atoms with Crippen LogP contribution in [-0.2, 0) is 6.54 Å². The highest BCUT2D eigenvalue weighted by Crippen LogP contribution is 2.35. The third-order valence-corrected chi connectivity index (χ3v) is 5.85. The van der Waals surface area contributed by atoms with Crippen LogP contribution in [0.15, 0.2) is 73.1 Å². The van der Waals surface area contributed by atoms with Crippen LogP contribution in [-0.4, -0.2) is 68.3 Å². The molecule has 1 saturated heterocycles. The van der Waals surface area contributed by atoms with Crippen LogP contribution in [0, 0.1) is 0 Å². The van der Waals surface area contributed by atoms with E-state index in [4.69, 9.17) is 9.47 Å². The van der Waals surface area contributed by atoms with E-state index >= 15 is 0 Å². The molecule has 32 heavy (non-hydrogen) atoms. The Kier molecular flexibility index (Phi) is 7.59. The lowest BCUT2D eigenvalue weighted by atomic mass is 10.2. The molecule has 2 aromatic carbocycles. The smallest absolute Gasteiger partial charge is 0.163 e. The molecule has 168 valence electrons. The highest BCUT2D eigenvalue weighted by molar-refractivity contribution is 5.66. The number of piperazine rings is 1. The number of rotatable bonds is 9. The first-order valence-corrected chi connectivity index (χ1v) is 11.2. The average Bonchev–Trinajstić information content (AvgIpc) is 2.85. The Hall–Kier alpha value is -3.09. The van der Waals surface area contributed by atoms with Gasteiger partial charge in [0.25, 0.3) is 0 Å². The summed E-state index contributed by atoms with van der Waals surface area (Å²) in [5.74, 6) is 1.52. The van der Waals surface area contributed by atoms with Crippen molar-refractivity contribution in [1.82, 2.24) is 14.8 Å². The standard InChI is InChI=1S/C26H32N4O2/c1-28-13-15-29(16-14-28)17-18-32-26-19-24(10-11-25(26)31-2)30(23-8-4-3-5-9-23)21-22-7-6-12-27-20-22/h3-12,19-20H,13-18,21H2,1-2H3. The fraction of sp³-hybridized carbons (Fsp3) is 0.346. The van der Waals surface area contributed by atoms with Gasteiger partial charge in [0, 0.05) is 69.1 Å². The highest BCUT2D eigenvalue weighted by Gasteiger charge is 2.16. The minimum atomic E-state index is 0.636. The number of hydrogen-bond donors (Lipinski definition) is 0. The summed E-state index contributed by atoms with van der Waals surface area (Å²) < 4.78 is 11.8. The molecule has 1 aliphatic rings. The number of nitrogens with zero attached hydrogens (tertiary/aromatic N) is 4. The summed E-state index contributed by atoms with van der Waals surface area (Å²) >= 11 is 0. The van der Waals surface area contributed by atoms with Crippen LogP contribution >= 0.6 is 0 Å². The predicted molar refractivity (Wildman–Crippen MR) is 129 cm³/mol. The van der Waals surface area contributed by atoms with Gasteiger partial charge >= 0.3 is 0 Å². The molecule has 0 unspecified atom stereocenters.